The molecule has 5 unspecified atom stereocenters. The van der Waals surface area contributed by atoms with Gasteiger partial charge in [-0.2, -0.15) is 0 Å². The molecule has 126 valence electrons. The van der Waals surface area contributed by atoms with Crippen molar-refractivity contribution in [1.29, 1.82) is 0 Å². The third kappa shape index (κ3) is 1.70. The first kappa shape index (κ1) is 14.7. The van der Waals surface area contributed by atoms with Crippen LogP contribution in [-0.4, -0.2) is 10.8 Å². The third-order valence-electron chi connectivity index (χ3n) is 7.74. The van der Waals surface area contributed by atoms with Crippen LogP contribution in [-0.2, 0) is 11.2 Å². The Bertz CT molecular complexity index is 834. The lowest BCUT2D eigenvalue weighted by Gasteiger charge is -2.51. The standard InChI is InChI=1S/C22H27NO/c1-12-10-18-17-5-4-14-15-8-9-23-19(15)7-6-16(14)20(17)13(2)11-22(18,3)21(12)24/h6-9,12-13,17-18,20,23H,4-5,10-11H2,1-3H3/t12?,13?,17?,18?,20?,22-/m0/s1. The van der Waals surface area contributed by atoms with Crippen molar-refractivity contribution >= 4 is 16.7 Å². The molecule has 2 heteroatoms. The summed E-state index contributed by atoms with van der Waals surface area (Å²) in [5, 5.41) is 1.42. The van der Waals surface area contributed by atoms with E-state index in [1.165, 1.54) is 23.7 Å². The third-order valence-corrected chi connectivity index (χ3v) is 7.74. The van der Waals surface area contributed by atoms with Gasteiger partial charge in [-0.25, -0.2) is 0 Å². The monoisotopic (exact) mass is 321 g/mol. The summed E-state index contributed by atoms with van der Waals surface area (Å²) in [6, 6.07) is 6.89. The van der Waals surface area contributed by atoms with Crippen molar-refractivity contribution in [3.63, 3.8) is 0 Å². The molecule has 2 aromatic rings. The molecule has 2 nitrogen and oxygen atoms in total. The van der Waals surface area contributed by atoms with Gasteiger partial charge in [-0.05, 0) is 72.6 Å². The molecule has 6 atom stereocenters. The van der Waals surface area contributed by atoms with Crippen molar-refractivity contribution in [1.82, 2.24) is 4.98 Å². The maximum Gasteiger partial charge on any atom is 0.141 e. The van der Waals surface area contributed by atoms with Gasteiger partial charge in [0.2, 0.25) is 0 Å². The van der Waals surface area contributed by atoms with E-state index in [4.69, 9.17) is 0 Å². The number of ketones is 1. The first-order chi connectivity index (χ1) is 11.5. The maximum atomic E-state index is 12.9. The van der Waals surface area contributed by atoms with Gasteiger partial charge >= 0.3 is 0 Å². The van der Waals surface area contributed by atoms with E-state index >= 15 is 0 Å². The number of rotatable bonds is 0. The zero-order valence-electron chi connectivity index (χ0n) is 14.9. The summed E-state index contributed by atoms with van der Waals surface area (Å²) < 4.78 is 0. The van der Waals surface area contributed by atoms with Crippen LogP contribution in [0.25, 0.3) is 10.9 Å². The van der Waals surface area contributed by atoms with Crippen molar-refractivity contribution in [2.45, 2.75) is 52.4 Å². The van der Waals surface area contributed by atoms with Gasteiger partial charge in [-0.1, -0.05) is 26.8 Å². The Morgan fingerprint density at radius 2 is 2.04 bits per heavy atom. The fraction of sp³-hybridized carbons (Fsp3) is 0.591. The highest BCUT2D eigenvalue weighted by atomic mass is 16.1. The Labute approximate surface area is 144 Å². The molecule has 3 aliphatic carbocycles. The second-order valence-electron chi connectivity index (χ2n) is 9.01. The minimum Gasteiger partial charge on any atom is -0.361 e. The van der Waals surface area contributed by atoms with E-state index in [9.17, 15) is 4.79 Å². The molecule has 0 spiro atoms. The molecule has 1 aromatic carbocycles. The van der Waals surface area contributed by atoms with Crippen LogP contribution in [0.1, 0.15) is 57.1 Å². The average Bonchev–Trinajstić information content (AvgIpc) is 3.12. The molecule has 0 amide bonds. The van der Waals surface area contributed by atoms with Crippen molar-refractivity contribution < 1.29 is 4.79 Å². The lowest BCUT2D eigenvalue weighted by molar-refractivity contribution is -0.133. The van der Waals surface area contributed by atoms with E-state index in [-0.39, 0.29) is 11.3 Å². The quantitative estimate of drug-likeness (QED) is 0.720. The van der Waals surface area contributed by atoms with Gasteiger partial charge < -0.3 is 4.98 Å². The van der Waals surface area contributed by atoms with Crippen molar-refractivity contribution in [3.8, 4) is 0 Å². The molecule has 1 heterocycles. The zero-order valence-corrected chi connectivity index (χ0v) is 14.9. The van der Waals surface area contributed by atoms with Gasteiger partial charge in [-0.3, -0.25) is 4.79 Å². The van der Waals surface area contributed by atoms with Crippen LogP contribution < -0.4 is 0 Å². The van der Waals surface area contributed by atoms with Gasteiger partial charge in [-0.15, -0.1) is 0 Å². The number of aromatic amines is 1. The Hall–Kier alpha value is -1.57. The average molecular weight is 321 g/mol. The Morgan fingerprint density at radius 1 is 1.21 bits per heavy atom. The second-order valence-corrected chi connectivity index (χ2v) is 9.01. The summed E-state index contributed by atoms with van der Waals surface area (Å²) in [6.07, 6.45) is 6.69. The van der Waals surface area contributed by atoms with Crippen LogP contribution in [0.4, 0.5) is 0 Å². The summed E-state index contributed by atoms with van der Waals surface area (Å²) in [4.78, 5) is 16.2. The predicted octanol–water partition coefficient (Wildman–Crippen LogP) is 5.09. The van der Waals surface area contributed by atoms with E-state index in [0.29, 0.717) is 29.5 Å². The highest BCUT2D eigenvalue weighted by Crippen LogP contribution is 2.62. The highest BCUT2D eigenvalue weighted by molar-refractivity contribution is 5.89. The lowest BCUT2D eigenvalue weighted by Crippen LogP contribution is -2.46. The van der Waals surface area contributed by atoms with Crippen molar-refractivity contribution in [2.24, 2.45) is 29.1 Å². The summed E-state index contributed by atoms with van der Waals surface area (Å²) in [5.74, 6) is 3.34. The molecule has 2 saturated carbocycles. The second kappa shape index (κ2) is 4.74. The maximum absolute atomic E-state index is 12.9. The molecular formula is C22H27NO. The number of benzene rings is 1. The summed E-state index contributed by atoms with van der Waals surface area (Å²) in [7, 11) is 0. The molecule has 24 heavy (non-hydrogen) atoms. The number of hydrogen-bond acceptors (Lipinski definition) is 1. The number of Topliss-reactive ketones (excluding diaryl/α,β-unsaturated/α-hetero) is 1. The topological polar surface area (TPSA) is 32.9 Å². The minimum absolute atomic E-state index is 0.0598. The molecule has 3 aliphatic rings. The molecule has 0 radical (unpaired) electrons. The van der Waals surface area contributed by atoms with Crippen molar-refractivity contribution in [2.75, 3.05) is 0 Å². The molecule has 2 fully saturated rings. The van der Waals surface area contributed by atoms with Crippen LogP contribution in [0.2, 0.25) is 0 Å². The number of carbonyl (C=O) groups excluding carboxylic acids is 1. The zero-order chi connectivity index (χ0) is 16.6. The van der Waals surface area contributed by atoms with Gasteiger partial charge in [0, 0.05) is 28.4 Å². The van der Waals surface area contributed by atoms with Gasteiger partial charge in [0.25, 0.3) is 0 Å². The van der Waals surface area contributed by atoms with Crippen LogP contribution in [0.15, 0.2) is 24.4 Å². The number of fused-ring (bicyclic) bond motifs is 7. The largest absolute Gasteiger partial charge is 0.361 e. The van der Waals surface area contributed by atoms with Crippen molar-refractivity contribution in [3.05, 3.63) is 35.5 Å². The van der Waals surface area contributed by atoms with E-state index in [1.807, 2.05) is 0 Å². The number of aromatic nitrogens is 1. The van der Waals surface area contributed by atoms with E-state index in [2.05, 4.69) is 50.2 Å². The first-order valence-corrected chi connectivity index (χ1v) is 9.64. The number of hydrogen-bond donors (Lipinski definition) is 1. The normalized spacial score (nSPS) is 41.1. The van der Waals surface area contributed by atoms with E-state index in [0.717, 1.165) is 12.8 Å². The summed E-state index contributed by atoms with van der Waals surface area (Å²) in [6.45, 7) is 6.83. The van der Waals surface area contributed by atoms with Gasteiger partial charge in [0.1, 0.15) is 5.78 Å². The Morgan fingerprint density at radius 3 is 2.88 bits per heavy atom. The van der Waals surface area contributed by atoms with Crippen LogP contribution in [0.3, 0.4) is 0 Å². The van der Waals surface area contributed by atoms with Gasteiger partial charge in [0.05, 0.1) is 0 Å². The number of nitrogens with one attached hydrogen (secondary N) is 1. The fourth-order valence-electron chi connectivity index (χ4n) is 6.89. The number of carbonyl (C=O) groups is 1. The van der Waals surface area contributed by atoms with E-state index in [1.54, 1.807) is 11.1 Å². The number of aryl methyl sites for hydroxylation is 1. The SMILES string of the molecule is CC1CC2C3CCc4c(ccc5[nH]ccc45)C3C(C)C[C@]2(C)C1=O. The van der Waals surface area contributed by atoms with Gasteiger partial charge in [0.15, 0.2) is 0 Å². The first-order valence-electron chi connectivity index (χ1n) is 9.64. The number of H-pyrrole nitrogens is 1. The fourth-order valence-corrected chi connectivity index (χ4v) is 6.89. The molecule has 0 aliphatic heterocycles. The molecule has 0 saturated heterocycles. The summed E-state index contributed by atoms with van der Waals surface area (Å²) >= 11 is 0. The smallest absolute Gasteiger partial charge is 0.141 e. The Kier molecular flexibility index (Phi) is 2.91. The van der Waals surface area contributed by atoms with Crippen LogP contribution in [0, 0.1) is 29.1 Å². The Balaban J connectivity index is 1.64. The summed E-state index contributed by atoms with van der Waals surface area (Å²) in [5.41, 5.74) is 4.36. The van der Waals surface area contributed by atoms with Crippen LogP contribution >= 0.6 is 0 Å². The van der Waals surface area contributed by atoms with Crippen LogP contribution in [0.5, 0.6) is 0 Å². The predicted molar refractivity (Wildman–Crippen MR) is 97.0 cm³/mol. The lowest BCUT2D eigenvalue weighted by atomic mass is 9.52. The molecular weight excluding hydrogens is 294 g/mol. The molecule has 5 rings (SSSR count). The minimum atomic E-state index is -0.0598. The highest BCUT2D eigenvalue weighted by Gasteiger charge is 2.58. The molecule has 1 N–H and O–H groups in total. The van der Waals surface area contributed by atoms with E-state index < -0.39 is 0 Å². The molecule has 1 aromatic heterocycles. The molecule has 0 bridgehead atoms.